The van der Waals surface area contributed by atoms with Gasteiger partial charge in [-0.2, -0.15) is 0 Å². The minimum absolute atomic E-state index is 0.208. The van der Waals surface area contributed by atoms with Crippen LogP contribution in [-0.4, -0.2) is 11.5 Å². The average Bonchev–Trinajstić information content (AvgIpc) is 2.66. The third-order valence-corrected chi connectivity index (χ3v) is 5.33. The first kappa shape index (κ1) is 21.6. The Morgan fingerprint density at radius 2 is 1.71 bits per heavy atom. The second-order valence-corrected chi connectivity index (χ2v) is 8.02. The number of nitrogens with one attached hydrogen (secondary N) is 2. The average molecular weight is 377 g/mol. The Balaban J connectivity index is 2.07. The highest BCUT2D eigenvalue weighted by Gasteiger charge is 2.22. The normalized spacial score (nSPS) is 11.9. The van der Waals surface area contributed by atoms with Gasteiger partial charge in [0, 0.05) is 23.4 Å². The fraction of sp³-hybridized carbons (Fsp3) is 0.360. The van der Waals surface area contributed by atoms with Crippen LogP contribution < -0.4 is 5.32 Å². The molecule has 28 heavy (non-hydrogen) atoms. The van der Waals surface area contributed by atoms with Gasteiger partial charge in [0.2, 0.25) is 0 Å². The van der Waals surface area contributed by atoms with Crippen molar-refractivity contribution in [2.24, 2.45) is 5.41 Å². The molecule has 0 unspecified atom stereocenters. The topological polar surface area (TPSA) is 53.0 Å². The smallest absolute Gasteiger partial charge is 0.135 e. The number of aryl methyl sites for hydroxylation is 1. The molecular weight excluding hydrogens is 344 g/mol. The lowest BCUT2D eigenvalue weighted by molar-refractivity contribution is -0.125. The molecule has 0 bridgehead atoms. The minimum atomic E-state index is -0.310. The molecule has 0 aliphatic rings. The summed E-state index contributed by atoms with van der Waals surface area (Å²) in [6.07, 6.45) is 4.23. The molecule has 2 rings (SSSR count). The van der Waals surface area contributed by atoms with Crippen molar-refractivity contribution in [2.75, 3.05) is 0 Å². The number of Topliss-reactive ketones (excluding diaryl/α,β-unsaturated/α-hetero) is 1. The maximum Gasteiger partial charge on any atom is 0.135 e. The fourth-order valence-electron chi connectivity index (χ4n) is 3.00. The number of hydrogen-bond acceptors (Lipinski definition) is 3. The first-order valence-corrected chi connectivity index (χ1v) is 9.93. The van der Waals surface area contributed by atoms with Gasteiger partial charge in [-0.25, -0.2) is 0 Å². The van der Waals surface area contributed by atoms with E-state index in [-0.39, 0.29) is 11.2 Å². The molecule has 2 aromatic rings. The van der Waals surface area contributed by atoms with Gasteiger partial charge in [0.25, 0.3) is 0 Å². The van der Waals surface area contributed by atoms with Crippen LogP contribution in [0.5, 0.6) is 0 Å². The van der Waals surface area contributed by atoms with Crippen LogP contribution in [0.25, 0.3) is 5.70 Å². The first-order valence-electron chi connectivity index (χ1n) is 9.93. The van der Waals surface area contributed by atoms with Crippen LogP contribution in [0.3, 0.4) is 0 Å². The number of rotatable bonds is 10. The molecule has 0 aromatic heterocycles. The molecule has 0 amide bonds. The molecule has 3 nitrogen and oxygen atoms in total. The van der Waals surface area contributed by atoms with Crippen LogP contribution in [0, 0.1) is 17.7 Å². The highest BCUT2D eigenvalue weighted by Crippen LogP contribution is 2.24. The van der Waals surface area contributed by atoms with Gasteiger partial charge in [-0.1, -0.05) is 68.4 Å². The zero-order valence-corrected chi connectivity index (χ0v) is 17.5. The van der Waals surface area contributed by atoms with Crippen molar-refractivity contribution in [3.05, 3.63) is 77.4 Å². The van der Waals surface area contributed by atoms with Gasteiger partial charge in [0.05, 0.1) is 0 Å². The maximum absolute atomic E-state index is 11.7. The van der Waals surface area contributed by atoms with Crippen molar-refractivity contribution in [3.8, 4) is 0 Å². The van der Waals surface area contributed by atoms with E-state index < -0.39 is 0 Å². The zero-order valence-electron chi connectivity index (χ0n) is 17.5. The molecule has 0 aliphatic heterocycles. The van der Waals surface area contributed by atoms with E-state index in [9.17, 15) is 4.79 Å². The van der Waals surface area contributed by atoms with E-state index in [0.717, 1.165) is 30.6 Å². The minimum Gasteiger partial charge on any atom is -0.380 e. The summed E-state index contributed by atoms with van der Waals surface area (Å²) in [7, 11) is 0. The third kappa shape index (κ3) is 6.49. The van der Waals surface area contributed by atoms with Crippen LogP contribution in [0.2, 0.25) is 0 Å². The van der Waals surface area contributed by atoms with E-state index in [2.05, 4.69) is 42.6 Å². The molecule has 0 heterocycles. The lowest BCUT2D eigenvalue weighted by Crippen LogP contribution is -2.21. The highest BCUT2D eigenvalue weighted by atomic mass is 16.1. The number of carbonyl (C=O) groups excluding carboxylic acids is 1. The fourth-order valence-corrected chi connectivity index (χ4v) is 3.00. The van der Waals surface area contributed by atoms with E-state index in [1.807, 2.05) is 44.2 Å². The van der Waals surface area contributed by atoms with E-state index in [1.54, 1.807) is 6.92 Å². The second-order valence-electron chi connectivity index (χ2n) is 8.02. The van der Waals surface area contributed by atoms with Crippen molar-refractivity contribution in [1.82, 2.24) is 5.32 Å². The molecule has 0 radical (unpaired) electrons. The largest absolute Gasteiger partial charge is 0.380 e. The summed E-state index contributed by atoms with van der Waals surface area (Å²) in [4.78, 5) is 11.7. The lowest BCUT2D eigenvalue weighted by atomic mass is 9.83. The van der Waals surface area contributed by atoms with Crippen molar-refractivity contribution >= 4 is 17.2 Å². The van der Waals surface area contributed by atoms with Crippen LogP contribution >= 0.6 is 0 Å². The van der Waals surface area contributed by atoms with E-state index in [1.165, 1.54) is 11.1 Å². The van der Waals surface area contributed by atoms with Gasteiger partial charge in [0.1, 0.15) is 5.78 Å². The second kappa shape index (κ2) is 10.0. The van der Waals surface area contributed by atoms with Crippen molar-refractivity contribution in [2.45, 2.75) is 53.5 Å². The molecule has 2 aromatic carbocycles. The molecule has 0 saturated heterocycles. The van der Waals surface area contributed by atoms with Gasteiger partial charge >= 0.3 is 0 Å². The highest BCUT2D eigenvalue weighted by molar-refractivity contribution is 5.98. The standard InChI is InChI=1S/C25H32N2O/c1-19-11-8-9-14-22(19)18-27-24(21-12-6-5-7-13-21)17-23(26)15-10-16-25(3,4)20(2)28/h5-9,11-14,17,26-27H,10,15-16,18H2,1-4H3/b24-17-,26-23?. The predicted octanol–water partition coefficient (Wildman–Crippen LogP) is 5.93. The van der Waals surface area contributed by atoms with Gasteiger partial charge in [-0.3, -0.25) is 4.79 Å². The Hall–Kier alpha value is -2.68. The molecule has 2 N–H and O–H groups in total. The Morgan fingerprint density at radius 1 is 1.07 bits per heavy atom. The van der Waals surface area contributed by atoms with Crippen molar-refractivity contribution in [1.29, 1.82) is 5.41 Å². The van der Waals surface area contributed by atoms with Crippen molar-refractivity contribution < 1.29 is 4.79 Å². The summed E-state index contributed by atoms with van der Waals surface area (Å²) in [5.41, 5.74) is 4.80. The quantitative estimate of drug-likeness (QED) is 0.505. The first-order chi connectivity index (χ1) is 13.3. The molecule has 3 heteroatoms. The predicted molar refractivity (Wildman–Crippen MR) is 118 cm³/mol. The van der Waals surface area contributed by atoms with Crippen LogP contribution in [0.15, 0.2) is 60.7 Å². The summed E-state index contributed by atoms with van der Waals surface area (Å²) in [6, 6.07) is 18.5. The molecule has 0 spiro atoms. The molecule has 0 saturated carbocycles. The van der Waals surface area contributed by atoms with Crippen LogP contribution in [-0.2, 0) is 11.3 Å². The number of carbonyl (C=O) groups is 1. The molecule has 0 aliphatic carbocycles. The Kier molecular flexibility index (Phi) is 7.74. The number of allylic oxidation sites excluding steroid dienone is 1. The number of hydrogen-bond donors (Lipinski definition) is 2. The summed E-state index contributed by atoms with van der Waals surface area (Å²) < 4.78 is 0. The van der Waals surface area contributed by atoms with Gasteiger partial charge in [-0.05, 0) is 55.9 Å². The Labute approximate surface area is 169 Å². The molecular formula is C25H32N2O. The van der Waals surface area contributed by atoms with Gasteiger partial charge in [0.15, 0.2) is 0 Å². The van der Waals surface area contributed by atoms with Gasteiger partial charge in [-0.15, -0.1) is 0 Å². The van der Waals surface area contributed by atoms with Crippen molar-refractivity contribution in [3.63, 3.8) is 0 Å². The van der Waals surface area contributed by atoms with E-state index >= 15 is 0 Å². The SMILES string of the molecule is CC(=O)C(C)(C)CCCC(=N)/C=C(\NCc1ccccc1C)c1ccccc1. The third-order valence-electron chi connectivity index (χ3n) is 5.33. The van der Waals surface area contributed by atoms with Gasteiger partial charge < -0.3 is 10.7 Å². The summed E-state index contributed by atoms with van der Waals surface area (Å²) in [5.74, 6) is 0.208. The lowest BCUT2D eigenvalue weighted by Gasteiger charge is -2.20. The maximum atomic E-state index is 11.7. The molecule has 0 fully saturated rings. The summed E-state index contributed by atoms with van der Waals surface area (Å²) >= 11 is 0. The van der Waals surface area contributed by atoms with E-state index in [4.69, 9.17) is 5.41 Å². The molecule has 0 atom stereocenters. The Morgan fingerprint density at radius 3 is 2.36 bits per heavy atom. The van der Waals surface area contributed by atoms with Crippen LogP contribution in [0.1, 0.15) is 56.7 Å². The monoisotopic (exact) mass is 376 g/mol. The summed E-state index contributed by atoms with van der Waals surface area (Å²) in [5, 5.41) is 11.9. The zero-order chi connectivity index (χ0) is 20.6. The molecule has 148 valence electrons. The summed E-state index contributed by atoms with van der Waals surface area (Å²) in [6.45, 7) is 8.44. The van der Waals surface area contributed by atoms with E-state index in [0.29, 0.717) is 12.1 Å². The van der Waals surface area contributed by atoms with Crippen LogP contribution in [0.4, 0.5) is 0 Å². The number of benzene rings is 2. The Bertz CT molecular complexity index is 835. The number of ketones is 1.